The van der Waals surface area contributed by atoms with Crippen LogP contribution in [0.15, 0.2) is 42.5 Å². The minimum atomic E-state index is 0.196. The zero-order chi connectivity index (χ0) is 12.8. The van der Waals surface area contributed by atoms with Gasteiger partial charge in [-0.15, -0.1) is 0 Å². The van der Waals surface area contributed by atoms with Gasteiger partial charge in [0.25, 0.3) is 0 Å². The Morgan fingerprint density at radius 3 is 1.88 bits per heavy atom. The molecule has 17 heavy (non-hydrogen) atoms. The van der Waals surface area contributed by atoms with E-state index in [1.54, 1.807) is 30.3 Å². The van der Waals surface area contributed by atoms with Gasteiger partial charge in [-0.3, -0.25) is 0 Å². The molecule has 0 aromatic heterocycles. The van der Waals surface area contributed by atoms with Crippen LogP contribution in [0.5, 0.6) is 11.5 Å². The number of hydrogen-bond acceptors (Lipinski definition) is 2. The van der Waals surface area contributed by atoms with E-state index in [4.69, 9.17) is 16.7 Å². The van der Waals surface area contributed by atoms with Crippen LogP contribution in [-0.4, -0.2) is 10.2 Å². The predicted molar refractivity (Wildman–Crippen MR) is 70.7 cm³/mol. The highest BCUT2D eigenvalue weighted by molar-refractivity contribution is 6.32. The monoisotopic (exact) mass is 250 g/mol. The standard InChI is InChI=1S/C8H9ClO.C6H6O/c1-5-3-4-7(9)8(10)6(5)2;7-6-4-2-1-3-5-6/h3-4,10H,1-2H3;1-5,7H. The lowest BCUT2D eigenvalue weighted by Crippen LogP contribution is -1.80. The van der Waals surface area contributed by atoms with Gasteiger partial charge in [0.15, 0.2) is 0 Å². The van der Waals surface area contributed by atoms with Crippen LogP contribution in [0, 0.1) is 13.8 Å². The summed E-state index contributed by atoms with van der Waals surface area (Å²) in [6, 6.07) is 12.3. The summed E-state index contributed by atoms with van der Waals surface area (Å²) >= 11 is 5.64. The topological polar surface area (TPSA) is 40.5 Å². The number of aryl methyl sites for hydroxylation is 1. The summed E-state index contributed by atoms with van der Waals surface area (Å²) in [6.07, 6.45) is 0. The van der Waals surface area contributed by atoms with Crippen LogP contribution in [0.1, 0.15) is 11.1 Å². The van der Waals surface area contributed by atoms with Crippen LogP contribution in [0.2, 0.25) is 5.02 Å². The summed E-state index contributed by atoms with van der Waals surface area (Å²) in [4.78, 5) is 0. The molecule has 0 amide bonds. The second-order valence-corrected chi connectivity index (χ2v) is 4.08. The van der Waals surface area contributed by atoms with Crippen LogP contribution in [0.25, 0.3) is 0 Å². The van der Waals surface area contributed by atoms with Gasteiger partial charge in [-0.05, 0) is 43.2 Å². The Kier molecular flexibility index (Phi) is 4.85. The number of phenolic OH excluding ortho intramolecular Hbond substituents is 2. The Morgan fingerprint density at radius 2 is 1.47 bits per heavy atom. The zero-order valence-electron chi connectivity index (χ0n) is 9.81. The minimum Gasteiger partial charge on any atom is -0.508 e. The normalized spacial score (nSPS) is 9.35. The van der Waals surface area contributed by atoms with E-state index in [0.717, 1.165) is 11.1 Å². The first-order chi connectivity index (χ1) is 8.02. The van der Waals surface area contributed by atoms with Crippen molar-refractivity contribution in [2.24, 2.45) is 0 Å². The van der Waals surface area contributed by atoms with E-state index in [1.807, 2.05) is 26.0 Å². The van der Waals surface area contributed by atoms with E-state index in [9.17, 15) is 5.11 Å². The van der Waals surface area contributed by atoms with Gasteiger partial charge in [-0.2, -0.15) is 0 Å². The number of aromatic hydroxyl groups is 2. The maximum absolute atomic E-state index is 9.26. The highest BCUT2D eigenvalue weighted by Crippen LogP contribution is 2.28. The quantitative estimate of drug-likeness (QED) is 0.740. The number of benzene rings is 2. The molecule has 2 N–H and O–H groups in total. The van der Waals surface area contributed by atoms with Crippen LogP contribution in [0.4, 0.5) is 0 Å². The van der Waals surface area contributed by atoms with Crippen LogP contribution in [-0.2, 0) is 0 Å². The summed E-state index contributed by atoms with van der Waals surface area (Å²) in [5.41, 5.74) is 1.91. The number of phenols is 2. The summed E-state index contributed by atoms with van der Waals surface area (Å²) in [5, 5.41) is 18.3. The molecule has 0 fully saturated rings. The Balaban J connectivity index is 0.000000181. The second-order valence-electron chi connectivity index (χ2n) is 3.67. The van der Waals surface area contributed by atoms with Crippen molar-refractivity contribution < 1.29 is 10.2 Å². The van der Waals surface area contributed by atoms with E-state index >= 15 is 0 Å². The Hall–Kier alpha value is -1.67. The van der Waals surface area contributed by atoms with Gasteiger partial charge in [0, 0.05) is 0 Å². The largest absolute Gasteiger partial charge is 0.508 e. The average molecular weight is 251 g/mol. The molecule has 0 atom stereocenters. The van der Waals surface area contributed by atoms with Crippen molar-refractivity contribution in [3.63, 3.8) is 0 Å². The summed E-state index contributed by atoms with van der Waals surface area (Å²) in [5.74, 6) is 0.518. The summed E-state index contributed by atoms with van der Waals surface area (Å²) < 4.78 is 0. The lowest BCUT2D eigenvalue weighted by Gasteiger charge is -2.02. The van der Waals surface area contributed by atoms with E-state index in [-0.39, 0.29) is 5.75 Å². The van der Waals surface area contributed by atoms with E-state index < -0.39 is 0 Å². The van der Waals surface area contributed by atoms with E-state index in [2.05, 4.69) is 0 Å². The van der Waals surface area contributed by atoms with Crippen molar-refractivity contribution in [1.29, 1.82) is 0 Å². The SMILES string of the molecule is Cc1ccc(Cl)c(O)c1C.Oc1ccccc1. The lowest BCUT2D eigenvalue weighted by atomic mass is 10.1. The molecule has 0 radical (unpaired) electrons. The molecule has 90 valence electrons. The van der Waals surface area contributed by atoms with Gasteiger partial charge in [-0.25, -0.2) is 0 Å². The van der Waals surface area contributed by atoms with Crippen molar-refractivity contribution in [3.05, 3.63) is 58.6 Å². The molecule has 2 aromatic carbocycles. The number of halogens is 1. The second kappa shape index (κ2) is 6.16. The van der Waals surface area contributed by atoms with Crippen molar-refractivity contribution >= 4 is 11.6 Å². The van der Waals surface area contributed by atoms with E-state index in [0.29, 0.717) is 10.8 Å². The smallest absolute Gasteiger partial charge is 0.137 e. The first-order valence-electron chi connectivity index (χ1n) is 5.21. The van der Waals surface area contributed by atoms with Gasteiger partial charge < -0.3 is 10.2 Å². The molecule has 0 aliphatic rings. The van der Waals surface area contributed by atoms with Crippen molar-refractivity contribution in [3.8, 4) is 11.5 Å². The molecule has 0 unspecified atom stereocenters. The molecule has 0 saturated carbocycles. The Labute approximate surface area is 106 Å². The molecule has 3 heteroatoms. The summed E-state index contributed by atoms with van der Waals surface area (Å²) in [7, 11) is 0. The van der Waals surface area contributed by atoms with Crippen LogP contribution in [0.3, 0.4) is 0 Å². The maximum Gasteiger partial charge on any atom is 0.137 e. The van der Waals surface area contributed by atoms with Gasteiger partial charge >= 0.3 is 0 Å². The van der Waals surface area contributed by atoms with Crippen molar-refractivity contribution in [2.75, 3.05) is 0 Å². The number of rotatable bonds is 0. The molecular formula is C14H15ClO2. The zero-order valence-corrected chi connectivity index (χ0v) is 10.6. The van der Waals surface area contributed by atoms with Gasteiger partial charge in [0.2, 0.25) is 0 Å². The number of hydrogen-bond donors (Lipinski definition) is 2. The third-order valence-corrected chi connectivity index (χ3v) is 2.71. The average Bonchev–Trinajstić information content (AvgIpc) is 2.33. The lowest BCUT2D eigenvalue weighted by molar-refractivity contribution is 0.471. The van der Waals surface area contributed by atoms with Crippen molar-refractivity contribution in [1.82, 2.24) is 0 Å². The highest BCUT2D eigenvalue weighted by atomic mass is 35.5. The fourth-order valence-corrected chi connectivity index (χ4v) is 1.40. The Bertz CT molecular complexity index is 454. The molecule has 0 aliphatic heterocycles. The molecule has 0 saturated heterocycles. The molecule has 0 aliphatic carbocycles. The third kappa shape index (κ3) is 4.00. The van der Waals surface area contributed by atoms with Gasteiger partial charge in [0.1, 0.15) is 11.5 Å². The fraction of sp³-hybridized carbons (Fsp3) is 0.143. The fourth-order valence-electron chi connectivity index (χ4n) is 1.20. The third-order valence-electron chi connectivity index (χ3n) is 2.41. The van der Waals surface area contributed by atoms with Crippen LogP contribution < -0.4 is 0 Å². The minimum absolute atomic E-state index is 0.196. The van der Waals surface area contributed by atoms with E-state index in [1.165, 1.54) is 0 Å². The van der Waals surface area contributed by atoms with Crippen LogP contribution >= 0.6 is 11.6 Å². The molecule has 2 aromatic rings. The van der Waals surface area contributed by atoms with Gasteiger partial charge in [-0.1, -0.05) is 35.9 Å². The van der Waals surface area contributed by atoms with Crippen molar-refractivity contribution in [2.45, 2.75) is 13.8 Å². The molecule has 0 heterocycles. The summed E-state index contributed by atoms with van der Waals surface area (Å²) in [6.45, 7) is 3.78. The predicted octanol–water partition coefficient (Wildman–Crippen LogP) is 4.05. The first-order valence-corrected chi connectivity index (χ1v) is 5.59. The maximum atomic E-state index is 9.26. The molecule has 0 spiro atoms. The molecule has 2 rings (SSSR count). The Morgan fingerprint density at radius 1 is 0.882 bits per heavy atom. The molecule has 0 bridgehead atoms. The first kappa shape index (κ1) is 13.4. The number of para-hydroxylation sites is 1. The highest BCUT2D eigenvalue weighted by Gasteiger charge is 2.02. The molecular weight excluding hydrogens is 236 g/mol. The van der Waals surface area contributed by atoms with Gasteiger partial charge in [0.05, 0.1) is 5.02 Å². The molecule has 2 nitrogen and oxygen atoms in total.